The molecule has 1 aliphatic heterocycles. The fourth-order valence-electron chi connectivity index (χ4n) is 3.08. The van der Waals surface area contributed by atoms with Gasteiger partial charge < -0.3 is 9.64 Å². The molecule has 1 saturated heterocycles. The third kappa shape index (κ3) is 3.90. The molecule has 130 valence electrons. The number of carbonyl (C=O) groups excluding carboxylic acids is 2. The first-order valence-electron chi connectivity index (χ1n) is 8.16. The Kier molecular flexibility index (Phi) is 5.89. The van der Waals surface area contributed by atoms with Crippen LogP contribution >= 0.6 is 0 Å². The van der Waals surface area contributed by atoms with Crippen molar-refractivity contribution >= 4 is 17.6 Å². The summed E-state index contributed by atoms with van der Waals surface area (Å²) in [7, 11) is 0. The molecular weight excluding hydrogens is 312 g/mol. The minimum atomic E-state index is -0.713. The molecule has 1 aliphatic rings. The van der Waals surface area contributed by atoms with Gasteiger partial charge in [0.2, 0.25) is 0 Å². The number of rotatable bonds is 5. The number of carbonyl (C=O) groups is 2. The number of esters is 1. The first-order chi connectivity index (χ1) is 11.5. The van der Waals surface area contributed by atoms with E-state index >= 15 is 0 Å². The maximum absolute atomic E-state index is 12.3. The molecule has 7 nitrogen and oxygen atoms in total. The molecule has 0 radical (unpaired) electrons. The van der Waals surface area contributed by atoms with Gasteiger partial charge in [-0.15, -0.1) is 0 Å². The van der Waals surface area contributed by atoms with E-state index in [0.29, 0.717) is 6.54 Å². The molecule has 1 fully saturated rings. The van der Waals surface area contributed by atoms with Gasteiger partial charge in [0.25, 0.3) is 11.6 Å². The van der Waals surface area contributed by atoms with Crippen LogP contribution in [0, 0.1) is 17.0 Å². The van der Waals surface area contributed by atoms with Gasteiger partial charge in [0.1, 0.15) is 0 Å². The predicted octanol–water partition coefficient (Wildman–Crippen LogP) is 2.85. The summed E-state index contributed by atoms with van der Waals surface area (Å²) < 4.78 is 5.10. The number of likely N-dealkylation sites (tertiary alicyclic amines) is 1. The number of hydrogen-bond donors (Lipinski definition) is 0. The van der Waals surface area contributed by atoms with E-state index in [9.17, 15) is 19.7 Å². The van der Waals surface area contributed by atoms with Crippen LogP contribution in [-0.4, -0.2) is 40.9 Å². The number of amides is 1. The molecular formula is C17H22N2O5. The van der Waals surface area contributed by atoms with Gasteiger partial charge in [0, 0.05) is 24.2 Å². The molecule has 0 aromatic heterocycles. The van der Waals surface area contributed by atoms with Gasteiger partial charge >= 0.3 is 5.97 Å². The fraction of sp³-hybridized carbons (Fsp3) is 0.529. The Balaban J connectivity index is 2.01. The lowest BCUT2D eigenvalue weighted by Gasteiger charge is -2.35. The SMILES string of the molecule is CC[C@@H]1CCCCN1C(=O)COC(=O)c1cccc([N+](=O)[O-])c1C. The second-order valence-electron chi connectivity index (χ2n) is 5.93. The highest BCUT2D eigenvalue weighted by Gasteiger charge is 2.26. The summed E-state index contributed by atoms with van der Waals surface area (Å²) in [5.41, 5.74) is 0.213. The van der Waals surface area contributed by atoms with E-state index in [4.69, 9.17) is 4.74 Å². The summed E-state index contributed by atoms with van der Waals surface area (Å²) in [4.78, 5) is 36.6. The molecule has 1 atom stereocenters. The predicted molar refractivity (Wildman–Crippen MR) is 87.8 cm³/mol. The maximum Gasteiger partial charge on any atom is 0.339 e. The van der Waals surface area contributed by atoms with Crippen LogP contribution in [-0.2, 0) is 9.53 Å². The molecule has 0 spiro atoms. The highest BCUT2D eigenvalue weighted by atomic mass is 16.6. The van der Waals surface area contributed by atoms with E-state index in [0.717, 1.165) is 25.7 Å². The van der Waals surface area contributed by atoms with Crippen molar-refractivity contribution in [3.8, 4) is 0 Å². The van der Waals surface area contributed by atoms with Crippen molar-refractivity contribution in [2.45, 2.75) is 45.6 Å². The van der Waals surface area contributed by atoms with Crippen molar-refractivity contribution < 1.29 is 19.2 Å². The van der Waals surface area contributed by atoms with Gasteiger partial charge in [0.05, 0.1) is 10.5 Å². The van der Waals surface area contributed by atoms with Gasteiger partial charge in [0.15, 0.2) is 6.61 Å². The number of nitro groups is 1. The van der Waals surface area contributed by atoms with E-state index in [1.54, 1.807) is 4.90 Å². The van der Waals surface area contributed by atoms with Crippen molar-refractivity contribution in [2.24, 2.45) is 0 Å². The number of piperidine rings is 1. The van der Waals surface area contributed by atoms with Gasteiger partial charge in [-0.1, -0.05) is 13.0 Å². The van der Waals surface area contributed by atoms with E-state index < -0.39 is 10.9 Å². The molecule has 7 heteroatoms. The summed E-state index contributed by atoms with van der Waals surface area (Å²) in [5.74, 6) is -0.924. The largest absolute Gasteiger partial charge is 0.452 e. The van der Waals surface area contributed by atoms with Crippen LogP contribution in [0.1, 0.15) is 48.5 Å². The Hall–Kier alpha value is -2.44. The van der Waals surface area contributed by atoms with E-state index in [-0.39, 0.29) is 35.4 Å². The number of ether oxygens (including phenoxy) is 1. The lowest BCUT2D eigenvalue weighted by atomic mass is 10.00. The van der Waals surface area contributed by atoms with Gasteiger partial charge in [-0.05, 0) is 38.7 Å². The van der Waals surface area contributed by atoms with Crippen molar-refractivity contribution in [1.82, 2.24) is 4.90 Å². The summed E-state index contributed by atoms with van der Waals surface area (Å²) in [6.07, 6.45) is 3.92. The Morgan fingerprint density at radius 1 is 1.38 bits per heavy atom. The second kappa shape index (κ2) is 7.90. The van der Waals surface area contributed by atoms with Crippen molar-refractivity contribution in [2.75, 3.05) is 13.2 Å². The molecule has 0 bridgehead atoms. The monoisotopic (exact) mass is 334 g/mol. The minimum Gasteiger partial charge on any atom is -0.452 e. The normalized spacial score (nSPS) is 17.4. The van der Waals surface area contributed by atoms with E-state index in [1.165, 1.54) is 25.1 Å². The Labute approximate surface area is 140 Å². The minimum absolute atomic E-state index is 0.114. The molecule has 1 aromatic carbocycles. The molecule has 1 aromatic rings. The van der Waals surface area contributed by atoms with E-state index in [1.807, 2.05) is 6.92 Å². The van der Waals surface area contributed by atoms with Gasteiger partial charge in [-0.3, -0.25) is 14.9 Å². The summed E-state index contributed by atoms with van der Waals surface area (Å²) in [6, 6.07) is 4.42. The van der Waals surface area contributed by atoms with Crippen molar-refractivity contribution in [3.05, 3.63) is 39.4 Å². The fourth-order valence-corrected chi connectivity index (χ4v) is 3.08. The Bertz CT molecular complexity index is 644. The average molecular weight is 334 g/mol. The number of nitrogens with zero attached hydrogens (tertiary/aromatic N) is 2. The molecule has 2 rings (SSSR count). The maximum atomic E-state index is 12.3. The molecule has 1 heterocycles. The smallest absolute Gasteiger partial charge is 0.339 e. The van der Waals surface area contributed by atoms with E-state index in [2.05, 4.69) is 0 Å². The topological polar surface area (TPSA) is 89.8 Å². The summed E-state index contributed by atoms with van der Waals surface area (Å²) in [6.45, 7) is 3.88. The first-order valence-corrected chi connectivity index (χ1v) is 8.16. The molecule has 0 aliphatic carbocycles. The first kappa shape index (κ1) is 17.9. The Morgan fingerprint density at radius 3 is 2.79 bits per heavy atom. The second-order valence-corrected chi connectivity index (χ2v) is 5.93. The lowest BCUT2D eigenvalue weighted by molar-refractivity contribution is -0.385. The van der Waals surface area contributed by atoms with Crippen LogP contribution in [0.3, 0.4) is 0 Å². The van der Waals surface area contributed by atoms with Crippen LogP contribution in [0.2, 0.25) is 0 Å². The van der Waals surface area contributed by atoms with Crippen molar-refractivity contribution in [3.63, 3.8) is 0 Å². The number of benzene rings is 1. The summed E-state index contributed by atoms with van der Waals surface area (Å²) >= 11 is 0. The van der Waals surface area contributed by atoms with Gasteiger partial charge in [-0.25, -0.2) is 4.79 Å². The van der Waals surface area contributed by atoms with Gasteiger partial charge in [-0.2, -0.15) is 0 Å². The molecule has 24 heavy (non-hydrogen) atoms. The van der Waals surface area contributed by atoms with Crippen LogP contribution in [0.15, 0.2) is 18.2 Å². The number of hydrogen-bond acceptors (Lipinski definition) is 5. The van der Waals surface area contributed by atoms with Crippen LogP contribution in [0.25, 0.3) is 0 Å². The van der Waals surface area contributed by atoms with Crippen LogP contribution in [0.5, 0.6) is 0 Å². The van der Waals surface area contributed by atoms with Crippen LogP contribution < -0.4 is 0 Å². The number of nitro benzene ring substituents is 1. The molecule has 1 amide bonds. The highest BCUT2D eigenvalue weighted by molar-refractivity contribution is 5.93. The highest BCUT2D eigenvalue weighted by Crippen LogP contribution is 2.22. The average Bonchev–Trinajstić information content (AvgIpc) is 2.59. The quantitative estimate of drug-likeness (QED) is 0.469. The molecule has 0 N–H and O–H groups in total. The third-order valence-corrected chi connectivity index (χ3v) is 4.47. The molecule has 0 saturated carbocycles. The standard InChI is InChI=1S/C17H22N2O5/c1-3-13-7-4-5-10-18(13)16(20)11-24-17(21)14-8-6-9-15(12(14)2)19(22)23/h6,8-9,13H,3-5,7,10-11H2,1-2H3/t13-/m1/s1. The third-order valence-electron chi connectivity index (χ3n) is 4.47. The zero-order chi connectivity index (χ0) is 17.7. The summed E-state index contributed by atoms with van der Waals surface area (Å²) in [5, 5.41) is 10.9. The zero-order valence-corrected chi connectivity index (χ0v) is 14.0. The van der Waals surface area contributed by atoms with Crippen LogP contribution in [0.4, 0.5) is 5.69 Å². The lowest BCUT2D eigenvalue weighted by Crippen LogP contribution is -2.45. The van der Waals surface area contributed by atoms with Crippen molar-refractivity contribution in [1.29, 1.82) is 0 Å². The Morgan fingerprint density at radius 2 is 2.12 bits per heavy atom. The zero-order valence-electron chi connectivity index (χ0n) is 14.0. The molecule has 0 unspecified atom stereocenters.